The van der Waals surface area contributed by atoms with E-state index in [-0.39, 0.29) is 5.57 Å². The lowest BCUT2D eigenvalue weighted by Crippen LogP contribution is -2.13. The quantitative estimate of drug-likeness (QED) is 0.354. The van der Waals surface area contributed by atoms with Gasteiger partial charge >= 0.3 is 5.97 Å². The number of carbonyl (C=O) groups is 2. The summed E-state index contributed by atoms with van der Waals surface area (Å²) in [5.41, 5.74) is 0.734. The molecule has 0 spiro atoms. The number of halogens is 1. The van der Waals surface area contributed by atoms with Crippen molar-refractivity contribution in [3.05, 3.63) is 57.1 Å². The number of carbonyl (C=O) groups excluding carboxylic acids is 2. The van der Waals surface area contributed by atoms with Crippen LogP contribution in [-0.2, 0) is 9.53 Å². The summed E-state index contributed by atoms with van der Waals surface area (Å²) in [5, 5.41) is 11.7. The van der Waals surface area contributed by atoms with Crippen molar-refractivity contribution in [2.45, 2.75) is 0 Å². The maximum Gasteiger partial charge on any atom is 0.337 e. The van der Waals surface area contributed by atoms with E-state index in [2.05, 4.69) is 10.1 Å². The van der Waals surface area contributed by atoms with Crippen LogP contribution in [0, 0.1) is 15.1 Å². The van der Waals surface area contributed by atoms with Gasteiger partial charge in [0.1, 0.15) is 17.4 Å². The van der Waals surface area contributed by atoms with E-state index in [0.717, 1.165) is 0 Å². The van der Waals surface area contributed by atoms with E-state index in [4.69, 9.17) is 9.68 Å². The zero-order valence-corrected chi connectivity index (χ0v) is 14.2. The second-order valence-electron chi connectivity index (χ2n) is 4.33. The molecule has 1 aromatic heterocycles. The maximum atomic E-state index is 12.1. The lowest BCUT2D eigenvalue weighted by atomic mass is 10.2. The summed E-state index contributed by atoms with van der Waals surface area (Å²) < 4.78 is 10.5. The van der Waals surface area contributed by atoms with Crippen LogP contribution in [0.5, 0.6) is 0 Å². The van der Waals surface area contributed by atoms with E-state index in [9.17, 15) is 9.59 Å². The standard InChI is InChI=1S/C16H11IN2O4/c1-22-16(21)10-2-4-12(5-3-10)19-15(20)11(9-18)8-13-6-7-14(17)23-13/h2-8H,1H3,(H,19,20)/b11-8+. The third kappa shape index (κ3) is 4.43. The number of amides is 1. The summed E-state index contributed by atoms with van der Waals surface area (Å²) in [7, 11) is 1.29. The molecule has 23 heavy (non-hydrogen) atoms. The van der Waals surface area contributed by atoms with Crippen LogP contribution >= 0.6 is 22.6 Å². The fourth-order valence-electron chi connectivity index (χ4n) is 1.70. The van der Waals surface area contributed by atoms with Gasteiger partial charge in [0, 0.05) is 11.8 Å². The third-order valence-electron chi connectivity index (χ3n) is 2.81. The molecule has 0 fully saturated rings. The first kappa shape index (κ1) is 16.8. The number of furan rings is 1. The Morgan fingerprint density at radius 3 is 2.48 bits per heavy atom. The predicted molar refractivity (Wildman–Crippen MR) is 91.4 cm³/mol. The smallest absolute Gasteiger partial charge is 0.337 e. The van der Waals surface area contributed by atoms with E-state index in [1.165, 1.54) is 25.3 Å². The molecule has 0 radical (unpaired) electrons. The maximum absolute atomic E-state index is 12.1. The number of rotatable bonds is 4. The summed E-state index contributed by atoms with van der Waals surface area (Å²) in [5.74, 6) is -0.611. The van der Waals surface area contributed by atoms with Gasteiger partial charge in [0.05, 0.1) is 12.7 Å². The molecule has 0 unspecified atom stereocenters. The fraction of sp³-hybridized carbons (Fsp3) is 0.0625. The molecule has 0 aliphatic carbocycles. The Labute approximate surface area is 145 Å². The third-order valence-corrected chi connectivity index (χ3v) is 3.39. The van der Waals surface area contributed by atoms with Crippen molar-refractivity contribution in [3.8, 4) is 6.07 Å². The summed E-state index contributed by atoms with van der Waals surface area (Å²) in [4.78, 5) is 23.4. The monoisotopic (exact) mass is 422 g/mol. The van der Waals surface area contributed by atoms with Crippen LogP contribution in [-0.4, -0.2) is 19.0 Å². The van der Waals surface area contributed by atoms with Crippen LogP contribution in [0.2, 0.25) is 0 Å². The minimum atomic E-state index is -0.565. The highest BCUT2D eigenvalue weighted by Gasteiger charge is 2.11. The normalized spacial score (nSPS) is 10.7. The van der Waals surface area contributed by atoms with Crippen molar-refractivity contribution in [3.63, 3.8) is 0 Å². The Kier molecular flexibility index (Phi) is 5.54. The minimum Gasteiger partial charge on any atom is -0.465 e. The van der Waals surface area contributed by atoms with Gasteiger partial charge in [0.2, 0.25) is 0 Å². The second kappa shape index (κ2) is 7.60. The summed E-state index contributed by atoms with van der Waals surface area (Å²) in [6.07, 6.45) is 1.36. The minimum absolute atomic E-state index is 0.0900. The van der Waals surface area contributed by atoms with Crippen molar-refractivity contribution in [1.82, 2.24) is 0 Å². The zero-order chi connectivity index (χ0) is 16.8. The van der Waals surface area contributed by atoms with Crippen molar-refractivity contribution in [2.24, 2.45) is 0 Å². The van der Waals surface area contributed by atoms with E-state index in [0.29, 0.717) is 20.8 Å². The number of benzene rings is 1. The molecular weight excluding hydrogens is 411 g/mol. The molecule has 1 N–H and O–H groups in total. The van der Waals surface area contributed by atoms with Gasteiger partial charge in [-0.25, -0.2) is 4.79 Å². The number of hydrogen-bond acceptors (Lipinski definition) is 5. The molecule has 1 heterocycles. The van der Waals surface area contributed by atoms with Gasteiger partial charge in [0.25, 0.3) is 5.91 Å². The molecule has 0 atom stereocenters. The Bertz CT molecular complexity index is 800. The molecular formula is C16H11IN2O4. The van der Waals surface area contributed by atoms with Gasteiger partial charge in [-0.2, -0.15) is 5.26 Å². The molecule has 0 bridgehead atoms. The van der Waals surface area contributed by atoms with Crippen LogP contribution in [0.25, 0.3) is 6.08 Å². The van der Waals surface area contributed by atoms with Crippen LogP contribution in [0.15, 0.2) is 46.4 Å². The average Bonchev–Trinajstić information content (AvgIpc) is 2.97. The lowest BCUT2D eigenvalue weighted by molar-refractivity contribution is -0.112. The number of nitrogens with zero attached hydrogens (tertiary/aromatic N) is 1. The Balaban J connectivity index is 2.12. The zero-order valence-electron chi connectivity index (χ0n) is 12.0. The number of methoxy groups -OCH3 is 1. The predicted octanol–water partition coefficient (Wildman–Crippen LogP) is 3.22. The Hall–Kier alpha value is -2.60. The highest BCUT2D eigenvalue weighted by Crippen LogP contribution is 2.15. The number of hydrogen-bond donors (Lipinski definition) is 1. The molecule has 7 heteroatoms. The summed E-state index contributed by atoms with van der Waals surface area (Å²) in [6, 6.07) is 11.4. The molecule has 0 aliphatic heterocycles. The second-order valence-corrected chi connectivity index (χ2v) is 5.40. The first-order valence-electron chi connectivity index (χ1n) is 6.40. The highest BCUT2D eigenvalue weighted by molar-refractivity contribution is 14.1. The Morgan fingerprint density at radius 1 is 1.26 bits per heavy atom. The summed E-state index contributed by atoms with van der Waals surface area (Å²) in [6.45, 7) is 0. The van der Waals surface area contributed by atoms with E-state index >= 15 is 0 Å². The van der Waals surface area contributed by atoms with Crippen molar-refractivity contribution in [1.29, 1.82) is 5.26 Å². The van der Waals surface area contributed by atoms with Gasteiger partial charge in [-0.3, -0.25) is 4.79 Å². The Morgan fingerprint density at radius 2 is 1.96 bits per heavy atom. The number of esters is 1. The molecule has 6 nitrogen and oxygen atoms in total. The molecule has 116 valence electrons. The molecule has 0 saturated carbocycles. The lowest BCUT2D eigenvalue weighted by Gasteiger charge is -2.05. The number of nitriles is 1. The molecule has 1 aromatic carbocycles. The van der Waals surface area contributed by atoms with Crippen molar-refractivity contribution >= 4 is 46.2 Å². The van der Waals surface area contributed by atoms with Gasteiger partial charge < -0.3 is 14.5 Å². The molecule has 2 aromatic rings. The molecule has 0 aliphatic rings. The molecule has 0 saturated heterocycles. The SMILES string of the molecule is COC(=O)c1ccc(NC(=O)/C(C#N)=C/c2ccc(I)o2)cc1. The van der Waals surface area contributed by atoms with Gasteiger partial charge in [-0.15, -0.1) is 0 Å². The average molecular weight is 422 g/mol. The van der Waals surface area contributed by atoms with E-state index in [1.54, 1.807) is 24.3 Å². The van der Waals surface area contributed by atoms with Crippen LogP contribution in [0.3, 0.4) is 0 Å². The molecule has 1 amide bonds. The largest absolute Gasteiger partial charge is 0.465 e. The van der Waals surface area contributed by atoms with Crippen molar-refractivity contribution in [2.75, 3.05) is 12.4 Å². The summed E-state index contributed by atoms with van der Waals surface area (Å²) >= 11 is 1.99. The number of anilines is 1. The molecule has 2 rings (SSSR count). The number of ether oxygens (including phenoxy) is 1. The number of nitrogens with one attached hydrogen (secondary N) is 1. The van der Waals surface area contributed by atoms with E-state index < -0.39 is 11.9 Å². The van der Waals surface area contributed by atoms with E-state index in [1.807, 2.05) is 28.7 Å². The van der Waals surface area contributed by atoms with Crippen molar-refractivity contribution < 1.29 is 18.7 Å². The van der Waals surface area contributed by atoms with Gasteiger partial charge in [-0.05, 0) is 59.0 Å². The fourth-order valence-corrected chi connectivity index (χ4v) is 2.14. The first-order chi connectivity index (χ1) is 11.0. The van der Waals surface area contributed by atoms with Crippen LogP contribution < -0.4 is 5.32 Å². The first-order valence-corrected chi connectivity index (χ1v) is 7.48. The van der Waals surface area contributed by atoms with Crippen LogP contribution in [0.1, 0.15) is 16.1 Å². The highest BCUT2D eigenvalue weighted by atomic mass is 127. The van der Waals surface area contributed by atoms with Crippen LogP contribution in [0.4, 0.5) is 5.69 Å². The topological polar surface area (TPSA) is 92.3 Å². The van der Waals surface area contributed by atoms with Gasteiger partial charge in [0.15, 0.2) is 3.77 Å². The van der Waals surface area contributed by atoms with Gasteiger partial charge in [-0.1, -0.05) is 0 Å².